The maximum atomic E-state index is 13.4. The fourth-order valence-corrected chi connectivity index (χ4v) is 4.39. The maximum Gasteiger partial charge on any atom is 0.250 e. The Morgan fingerprint density at radius 1 is 0.969 bits per heavy atom. The first-order valence-electron chi connectivity index (χ1n) is 10.9. The molecule has 0 spiro atoms. The zero-order valence-electron chi connectivity index (χ0n) is 20.4. The van der Waals surface area contributed by atoms with Crippen LogP contribution in [0.15, 0.2) is 45.6 Å². The maximum absolute atomic E-state index is 13.4. The number of aryl methyl sites for hydroxylation is 2. The van der Waals surface area contributed by atoms with E-state index in [0.717, 1.165) is 6.42 Å². The molecule has 32 heavy (non-hydrogen) atoms. The Balaban J connectivity index is 2.22. The highest BCUT2D eigenvalue weighted by molar-refractivity contribution is 6.74. The van der Waals surface area contributed by atoms with E-state index in [4.69, 9.17) is 18.3 Å². The molecule has 3 aromatic rings. The zero-order chi connectivity index (χ0) is 23.7. The van der Waals surface area contributed by atoms with Gasteiger partial charge in [0.2, 0.25) is 0 Å². The van der Waals surface area contributed by atoms with E-state index in [1.54, 1.807) is 20.3 Å². The summed E-state index contributed by atoms with van der Waals surface area (Å²) in [5.74, 6) is 2.06. The van der Waals surface area contributed by atoms with Crippen LogP contribution >= 0.6 is 0 Å². The second-order valence-corrected chi connectivity index (χ2v) is 14.4. The molecule has 0 N–H and O–H groups in total. The molecule has 0 amide bonds. The number of benzene rings is 2. The first-order valence-corrected chi connectivity index (χ1v) is 13.8. The molecule has 1 heterocycles. The van der Waals surface area contributed by atoms with Crippen molar-refractivity contribution in [2.75, 3.05) is 14.2 Å². The lowest BCUT2D eigenvalue weighted by atomic mass is 10.0. The Hall–Kier alpha value is -2.73. The van der Waals surface area contributed by atoms with Crippen LogP contribution in [-0.2, 0) is 12.8 Å². The third-order valence-corrected chi connectivity index (χ3v) is 10.8. The molecule has 6 heteroatoms. The topological polar surface area (TPSA) is 57.9 Å². The summed E-state index contributed by atoms with van der Waals surface area (Å²) in [5.41, 5.74) is 2.07. The fraction of sp³-hybridized carbons (Fsp3) is 0.423. The summed E-state index contributed by atoms with van der Waals surface area (Å²) in [6, 6.07) is 11.9. The van der Waals surface area contributed by atoms with Crippen molar-refractivity contribution in [2.45, 2.75) is 58.7 Å². The Morgan fingerprint density at radius 2 is 1.59 bits per heavy atom. The molecule has 172 valence electrons. The monoisotopic (exact) mass is 454 g/mol. The lowest BCUT2D eigenvalue weighted by molar-refractivity contribution is 0.373. The van der Waals surface area contributed by atoms with Crippen molar-refractivity contribution in [1.29, 1.82) is 0 Å². The van der Waals surface area contributed by atoms with Gasteiger partial charge in [0.25, 0.3) is 8.32 Å². The molecule has 0 aliphatic rings. The lowest BCUT2D eigenvalue weighted by Gasteiger charge is -2.36. The lowest BCUT2D eigenvalue weighted by Crippen LogP contribution is -2.44. The summed E-state index contributed by atoms with van der Waals surface area (Å²) < 4.78 is 24.2. The van der Waals surface area contributed by atoms with Gasteiger partial charge in [-0.25, -0.2) is 0 Å². The van der Waals surface area contributed by atoms with E-state index >= 15 is 0 Å². The van der Waals surface area contributed by atoms with Crippen LogP contribution in [0.25, 0.3) is 11.0 Å². The van der Waals surface area contributed by atoms with Crippen molar-refractivity contribution < 1.29 is 18.3 Å². The Labute approximate surface area is 191 Å². The van der Waals surface area contributed by atoms with Gasteiger partial charge < -0.3 is 18.3 Å². The van der Waals surface area contributed by atoms with Crippen molar-refractivity contribution in [3.8, 4) is 17.2 Å². The molecule has 2 aromatic carbocycles. The second-order valence-electron chi connectivity index (χ2n) is 9.64. The molecule has 0 aliphatic heterocycles. The first kappa shape index (κ1) is 23.9. The number of hydrogen-bond donors (Lipinski definition) is 0. The fourth-order valence-electron chi connectivity index (χ4n) is 3.38. The zero-order valence-corrected chi connectivity index (χ0v) is 21.4. The van der Waals surface area contributed by atoms with Crippen molar-refractivity contribution in [3.05, 3.63) is 63.5 Å². The molecular formula is C26H34O5Si. The van der Waals surface area contributed by atoms with Crippen LogP contribution in [-0.4, -0.2) is 22.5 Å². The van der Waals surface area contributed by atoms with Crippen LogP contribution in [0, 0.1) is 6.92 Å². The Bertz CT molecular complexity index is 1160. The van der Waals surface area contributed by atoms with Gasteiger partial charge in [0.1, 0.15) is 16.9 Å². The number of hydrogen-bond acceptors (Lipinski definition) is 5. The third kappa shape index (κ3) is 4.55. The van der Waals surface area contributed by atoms with Crippen LogP contribution < -0.4 is 19.3 Å². The quantitative estimate of drug-likeness (QED) is 0.393. The van der Waals surface area contributed by atoms with Gasteiger partial charge >= 0.3 is 0 Å². The van der Waals surface area contributed by atoms with E-state index < -0.39 is 8.32 Å². The van der Waals surface area contributed by atoms with E-state index in [1.165, 1.54) is 5.56 Å². The van der Waals surface area contributed by atoms with Gasteiger partial charge in [0.15, 0.2) is 22.5 Å². The summed E-state index contributed by atoms with van der Waals surface area (Å²) in [5, 5.41) is 0.355. The van der Waals surface area contributed by atoms with Gasteiger partial charge in [-0.1, -0.05) is 51.1 Å². The number of rotatable bonds is 7. The van der Waals surface area contributed by atoms with Gasteiger partial charge in [-0.3, -0.25) is 4.79 Å². The van der Waals surface area contributed by atoms with Crippen molar-refractivity contribution in [2.24, 2.45) is 0 Å². The summed E-state index contributed by atoms with van der Waals surface area (Å²) in [6.07, 6.45) is 1.38. The minimum atomic E-state index is -2.24. The molecule has 0 atom stereocenters. The highest BCUT2D eigenvalue weighted by Crippen LogP contribution is 2.45. The number of fused-ring (bicyclic) bond motifs is 1. The van der Waals surface area contributed by atoms with Crippen LogP contribution in [0.2, 0.25) is 18.1 Å². The highest BCUT2D eigenvalue weighted by atomic mass is 28.4. The molecule has 5 nitrogen and oxygen atoms in total. The predicted molar refractivity (Wildman–Crippen MR) is 132 cm³/mol. The predicted octanol–water partition coefficient (Wildman–Crippen LogP) is 6.29. The molecule has 1 aromatic heterocycles. The van der Waals surface area contributed by atoms with E-state index in [9.17, 15) is 4.79 Å². The highest BCUT2D eigenvalue weighted by Gasteiger charge is 2.40. The van der Waals surface area contributed by atoms with Gasteiger partial charge in [0.05, 0.1) is 14.2 Å². The van der Waals surface area contributed by atoms with Crippen molar-refractivity contribution in [1.82, 2.24) is 0 Å². The summed E-state index contributed by atoms with van der Waals surface area (Å²) >= 11 is 0. The van der Waals surface area contributed by atoms with Crippen molar-refractivity contribution >= 4 is 19.3 Å². The molecule has 3 rings (SSSR count). The van der Waals surface area contributed by atoms with E-state index in [0.29, 0.717) is 46.0 Å². The van der Waals surface area contributed by atoms with Gasteiger partial charge in [0, 0.05) is 18.1 Å². The summed E-state index contributed by atoms with van der Waals surface area (Å²) in [6.45, 7) is 12.6. The average Bonchev–Trinajstić information content (AvgIpc) is 2.75. The Kier molecular flexibility index (Phi) is 6.74. The minimum absolute atomic E-state index is 0.0363. The van der Waals surface area contributed by atoms with Gasteiger partial charge in [-0.05, 0) is 37.0 Å². The summed E-state index contributed by atoms with van der Waals surface area (Å²) in [4.78, 5) is 13.4. The van der Waals surface area contributed by atoms with Crippen molar-refractivity contribution in [3.63, 3.8) is 0 Å². The van der Waals surface area contributed by atoms with E-state index in [2.05, 4.69) is 46.0 Å². The molecule has 0 fully saturated rings. The molecule has 0 bridgehead atoms. The molecule has 0 saturated heterocycles. The van der Waals surface area contributed by atoms with E-state index in [-0.39, 0.29) is 10.5 Å². The van der Waals surface area contributed by atoms with Crippen LogP contribution in [0.3, 0.4) is 0 Å². The van der Waals surface area contributed by atoms with Crippen LogP contribution in [0.5, 0.6) is 17.2 Å². The normalized spacial score (nSPS) is 12.1. The Morgan fingerprint density at radius 3 is 2.16 bits per heavy atom. The standard InChI is InChI=1S/C26H34O5Si/c1-17-19(15-14-18-12-10-9-11-13-18)30-25-22(23(17)27)20(28-5)16-21(29-6)24(25)31-32(7,8)26(2,3)4/h9-13,16H,14-15H2,1-8H3. The third-order valence-electron chi connectivity index (χ3n) is 6.46. The van der Waals surface area contributed by atoms with Gasteiger partial charge in [-0.2, -0.15) is 0 Å². The number of ether oxygens (including phenoxy) is 2. The van der Waals surface area contributed by atoms with E-state index in [1.807, 2.05) is 25.1 Å². The average molecular weight is 455 g/mol. The summed E-state index contributed by atoms with van der Waals surface area (Å²) in [7, 11) is 0.887. The molecular weight excluding hydrogens is 420 g/mol. The second kappa shape index (κ2) is 9.02. The molecule has 0 unspecified atom stereocenters. The molecule has 0 saturated carbocycles. The molecule has 0 radical (unpaired) electrons. The smallest absolute Gasteiger partial charge is 0.250 e. The first-order chi connectivity index (χ1) is 15.0. The number of methoxy groups -OCH3 is 2. The molecule has 0 aliphatic carbocycles. The van der Waals surface area contributed by atoms with Crippen LogP contribution in [0.1, 0.15) is 37.7 Å². The van der Waals surface area contributed by atoms with Crippen LogP contribution in [0.4, 0.5) is 0 Å². The minimum Gasteiger partial charge on any atom is -0.538 e. The largest absolute Gasteiger partial charge is 0.538 e. The van der Waals surface area contributed by atoms with Gasteiger partial charge in [-0.15, -0.1) is 0 Å². The SMILES string of the molecule is COc1cc(OC)c2c(=O)c(C)c(CCc3ccccc3)oc2c1O[Si](C)(C)C(C)(C)C.